The minimum absolute atomic E-state index is 0.0673. The number of carbonyl (C=O) groups is 3. The van der Waals surface area contributed by atoms with E-state index in [0.29, 0.717) is 37.6 Å². The van der Waals surface area contributed by atoms with E-state index in [1.54, 1.807) is 18.2 Å². The molecule has 3 N–H and O–H groups in total. The van der Waals surface area contributed by atoms with Crippen molar-refractivity contribution in [3.63, 3.8) is 0 Å². The predicted octanol–water partition coefficient (Wildman–Crippen LogP) is 0.642. The number of piperidine rings is 3. The summed E-state index contributed by atoms with van der Waals surface area (Å²) in [5, 5.41) is 2.89. The van der Waals surface area contributed by atoms with Gasteiger partial charge in [0, 0.05) is 39.0 Å². The Balaban J connectivity index is 1.59. The summed E-state index contributed by atoms with van der Waals surface area (Å²) >= 11 is 0. The molecule has 0 saturated carbocycles. The standard InChI is InChI=1S/C20H27N5O3/c1-12(26)22-9-17-14-8-13(16-5-3-7-19(27)25(16)17)10-24(11-14)20(28)15-4-2-6-18(21)23-15/h2,4,6,13-14,16-17H,3,5,7-11H2,1H3,(H2,21,23)(H,22,26)/t13-,14+,16+,17+/m1/s1. The number of nitrogens with two attached hydrogens (primary N) is 1. The van der Waals surface area contributed by atoms with Gasteiger partial charge in [0.05, 0.1) is 6.04 Å². The number of likely N-dealkylation sites (tertiary alicyclic amines) is 1. The van der Waals surface area contributed by atoms with Crippen LogP contribution in [0.4, 0.5) is 5.82 Å². The van der Waals surface area contributed by atoms with Gasteiger partial charge in [-0.25, -0.2) is 4.98 Å². The number of amides is 3. The van der Waals surface area contributed by atoms with Crippen LogP contribution in [0, 0.1) is 11.8 Å². The van der Waals surface area contributed by atoms with Gasteiger partial charge in [0.2, 0.25) is 11.8 Å². The molecular formula is C20H27N5O3. The molecule has 1 aromatic heterocycles. The molecule has 3 aliphatic rings. The molecule has 4 heterocycles. The number of hydrogen-bond donors (Lipinski definition) is 2. The second-order valence-electron chi connectivity index (χ2n) is 8.18. The van der Waals surface area contributed by atoms with Gasteiger partial charge in [0.15, 0.2) is 0 Å². The Bertz CT molecular complexity index is 798. The van der Waals surface area contributed by atoms with Crippen LogP contribution in [0.3, 0.4) is 0 Å². The number of hydrogen-bond acceptors (Lipinski definition) is 5. The van der Waals surface area contributed by atoms with Crippen molar-refractivity contribution in [3.8, 4) is 0 Å². The Morgan fingerprint density at radius 3 is 2.82 bits per heavy atom. The number of pyridine rings is 1. The van der Waals surface area contributed by atoms with E-state index in [2.05, 4.69) is 10.3 Å². The molecule has 0 aromatic carbocycles. The van der Waals surface area contributed by atoms with E-state index in [4.69, 9.17) is 5.73 Å². The zero-order chi connectivity index (χ0) is 19.8. The molecule has 4 atom stereocenters. The van der Waals surface area contributed by atoms with E-state index in [1.807, 2.05) is 9.80 Å². The third kappa shape index (κ3) is 3.43. The number of rotatable bonds is 3. The zero-order valence-corrected chi connectivity index (χ0v) is 16.1. The smallest absolute Gasteiger partial charge is 0.272 e. The predicted molar refractivity (Wildman–Crippen MR) is 103 cm³/mol. The van der Waals surface area contributed by atoms with E-state index in [-0.39, 0.29) is 41.6 Å². The fraction of sp³-hybridized carbons (Fsp3) is 0.600. The fourth-order valence-electron chi connectivity index (χ4n) is 5.18. The highest BCUT2D eigenvalue weighted by molar-refractivity contribution is 5.92. The minimum atomic E-state index is -0.115. The Kier molecular flexibility index (Phi) is 4.95. The molecule has 0 aliphatic carbocycles. The molecule has 4 rings (SSSR count). The van der Waals surface area contributed by atoms with Crippen LogP contribution in [0.1, 0.15) is 43.1 Å². The summed E-state index contributed by atoms with van der Waals surface area (Å²) in [5.41, 5.74) is 6.10. The highest BCUT2D eigenvalue weighted by Crippen LogP contribution is 2.41. The summed E-state index contributed by atoms with van der Waals surface area (Å²) in [6.45, 7) is 3.12. The zero-order valence-electron chi connectivity index (χ0n) is 16.1. The van der Waals surface area contributed by atoms with Gasteiger partial charge in [-0.2, -0.15) is 0 Å². The van der Waals surface area contributed by atoms with Gasteiger partial charge in [-0.1, -0.05) is 6.07 Å². The molecule has 1 aromatic rings. The topological polar surface area (TPSA) is 109 Å². The van der Waals surface area contributed by atoms with Crippen LogP contribution in [0.5, 0.6) is 0 Å². The average molecular weight is 385 g/mol. The van der Waals surface area contributed by atoms with E-state index in [0.717, 1.165) is 19.3 Å². The van der Waals surface area contributed by atoms with Gasteiger partial charge < -0.3 is 20.9 Å². The van der Waals surface area contributed by atoms with E-state index in [1.165, 1.54) is 6.92 Å². The van der Waals surface area contributed by atoms with Gasteiger partial charge in [0.1, 0.15) is 11.5 Å². The van der Waals surface area contributed by atoms with Crippen molar-refractivity contribution in [1.29, 1.82) is 0 Å². The van der Waals surface area contributed by atoms with E-state index < -0.39 is 0 Å². The molecule has 8 heteroatoms. The second kappa shape index (κ2) is 7.41. The van der Waals surface area contributed by atoms with Crippen molar-refractivity contribution in [2.75, 3.05) is 25.4 Å². The maximum Gasteiger partial charge on any atom is 0.272 e. The summed E-state index contributed by atoms with van der Waals surface area (Å²) in [5.74, 6) is 0.705. The lowest BCUT2D eigenvalue weighted by Crippen LogP contribution is -2.67. The molecule has 0 spiro atoms. The van der Waals surface area contributed by atoms with Crippen molar-refractivity contribution in [2.45, 2.75) is 44.7 Å². The summed E-state index contributed by atoms with van der Waals surface area (Å²) in [6.07, 6.45) is 3.40. The lowest BCUT2D eigenvalue weighted by Gasteiger charge is -2.56. The number of anilines is 1. The fourth-order valence-corrected chi connectivity index (χ4v) is 5.18. The SMILES string of the molecule is CC(=O)NC[C@H]1[C@H]2C[C@H](CN(C(=O)c3cccc(N)n3)C2)[C@@H]2CCCC(=O)N21. The molecule has 150 valence electrons. The number of fused-ring (bicyclic) bond motifs is 4. The Labute approximate surface area is 164 Å². The molecule has 3 saturated heterocycles. The quantitative estimate of drug-likeness (QED) is 0.794. The molecule has 2 bridgehead atoms. The summed E-state index contributed by atoms with van der Waals surface area (Å²) < 4.78 is 0. The highest BCUT2D eigenvalue weighted by Gasteiger charge is 2.50. The number of aromatic nitrogens is 1. The van der Waals surface area contributed by atoms with Crippen molar-refractivity contribution in [1.82, 2.24) is 20.1 Å². The number of nitrogens with zero attached hydrogens (tertiary/aromatic N) is 3. The van der Waals surface area contributed by atoms with Gasteiger partial charge in [-0.3, -0.25) is 14.4 Å². The first-order chi connectivity index (χ1) is 13.4. The van der Waals surface area contributed by atoms with Crippen LogP contribution in [0.15, 0.2) is 18.2 Å². The van der Waals surface area contributed by atoms with Crippen LogP contribution in [0.25, 0.3) is 0 Å². The van der Waals surface area contributed by atoms with E-state index >= 15 is 0 Å². The van der Waals surface area contributed by atoms with Gasteiger partial charge in [0.25, 0.3) is 5.91 Å². The van der Waals surface area contributed by atoms with Crippen LogP contribution >= 0.6 is 0 Å². The number of nitrogen functional groups attached to an aromatic ring is 1. The average Bonchev–Trinajstić information content (AvgIpc) is 2.67. The number of nitrogens with one attached hydrogen (secondary N) is 1. The summed E-state index contributed by atoms with van der Waals surface area (Å²) in [6, 6.07) is 5.16. The van der Waals surface area contributed by atoms with Crippen molar-refractivity contribution < 1.29 is 14.4 Å². The molecular weight excluding hydrogens is 358 g/mol. The van der Waals surface area contributed by atoms with Gasteiger partial charge in [-0.05, 0) is 43.2 Å². The molecule has 0 unspecified atom stereocenters. The van der Waals surface area contributed by atoms with E-state index in [9.17, 15) is 14.4 Å². The first kappa shape index (κ1) is 18.7. The Morgan fingerprint density at radius 1 is 1.29 bits per heavy atom. The lowest BCUT2D eigenvalue weighted by atomic mass is 9.72. The molecule has 3 amide bonds. The Hall–Kier alpha value is -2.64. The van der Waals surface area contributed by atoms with Crippen molar-refractivity contribution >= 4 is 23.5 Å². The monoisotopic (exact) mass is 385 g/mol. The van der Waals surface area contributed by atoms with Gasteiger partial charge in [-0.15, -0.1) is 0 Å². The van der Waals surface area contributed by atoms with Gasteiger partial charge >= 0.3 is 0 Å². The highest BCUT2D eigenvalue weighted by atomic mass is 16.2. The van der Waals surface area contributed by atoms with Crippen LogP contribution < -0.4 is 11.1 Å². The molecule has 3 fully saturated rings. The largest absolute Gasteiger partial charge is 0.384 e. The first-order valence-electron chi connectivity index (χ1n) is 10.0. The minimum Gasteiger partial charge on any atom is -0.384 e. The normalized spacial score (nSPS) is 29.2. The third-order valence-electron chi connectivity index (χ3n) is 6.33. The number of carbonyl (C=O) groups excluding carboxylic acids is 3. The molecule has 0 radical (unpaired) electrons. The molecule has 8 nitrogen and oxygen atoms in total. The summed E-state index contributed by atoms with van der Waals surface area (Å²) in [7, 11) is 0. The van der Waals surface area contributed by atoms with Crippen molar-refractivity contribution in [3.05, 3.63) is 23.9 Å². The summed E-state index contributed by atoms with van der Waals surface area (Å²) in [4.78, 5) is 45.3. The maximum absolute atomic E-state index is 13.0. The van der Waals surface area contributed by atoms with Crippen LogP contribution in [-0.2, 0) is 9.59 Å². The lowest BCUT2D eigenvalue weighted by molar-refractivity contribution is -0.151. The van der Waals surface area contributed by atoms with Crippen LogP contribution in [0.2, 0.25) is 0 Å². The van der Waals surface area contributed by atoms with Crippen molar-refractivity contribution in [2.24, 2.45) is 11.8 Å². The first-order valence-corrected chi connectivity index (χ1v) is 10.0. The molecule has 3 aliphatic heterocycles. The third-order valence-corrected chi connectivity index (χ3v) is 6.33. The maximum atomic E-state index is 13.0. The second-order valence-corrected chi connectivity index (χ2v) is 8.18. The Morgan fingerprint density at radius 2 is 2.07 bits per heavy atom. The molecule has 28 heavy (non-hydrogen) atoms. The van der Waals surface area contributed by atoms with Crippen LogP contribution in [-0.4, -0.2) is 64.2 Å².